The molecule has 1 saturated heterocycles. The van der Waals surface area contributed by atoms with E-state index in [1.807, 2.05) is 12.1 Å². The summed E-state index contributed by atoms with van der Waals surface area (Å²) in [5.41, 5.74) is 1.28. The van der Waals surface area contributed by atoms with E-state index in [9.17, 15) is 0 Å². The molecule has 1 aromatic carbocycles. The summed E-state index contributed by atoms with van der Waals surface area (Å²) in [6, 6.07) is 8.91. The molecule has 0 aromatic heterocycles. The fourth-order valence-electron chi connectivity index (χ4n) is 2.34. The van der Waals surface area contributed by atoms with E-state index in [0.29, 0.717) is 6.04 Å². The normalized spacial score (nSPS) is 19.5. The lowest BCUT2D eigenvalue weighted by molar-refractivity contribution is 0.409. The van der Waals surface area contributed by atoms with Crippen molar-refractivity contribution in [3.63, 3.8) is 0 Å². The third-order valence-corrected chi connectivity index (χ3v) is 3.32. The molecule has 3 heteroatoms. The Hall–Kier alpha value is -1.06. The van der Waals surface area contributed by atoms with Gasteiger partial charge in [0.15, 0.2) is 0 Å². The average molecular weight is 234 g/mol. The minimum absolute atomic E-state index is 0.674. The molecular weight excluding hydrogens is 212 g/mol. The van der Waals surface area contributed by atoms with Gasteiger partial charge < -0.3 is 15.4 Å². The summed E-state index contributed by atoms with van der Waals surface area (Å²) in [6.07, 6.45) is 3.65. The van der Waals surface area contributed by atoms with Gasteiger partial charge in [-0.3, -0.25) is 0 Å². The molecule has 2 N–H and O–H groups in total. The minimum atomic E-state index is 0.674. The van der Waals surface area contributed by atoms with Crippen LogP contribution < -0.4 is 15.4 Å². The largest absolute Gasteiger partial charge is 0.496 e. The molecule has 94 valence electrons. The standard InChI is InChI=1S/C14H22N2O/c1-17-14-7-3-2-5-12(14)8-10-15-11-13-6-4-9-16-13/h2-3,5,7,13,15-16H,4,6,8-11H2,1H3. The highest BCUT2D eigenvalue weighted by molar-refractivity contribution is 5.33. The number of ether oxygens (including phenoxy) is 1. The first-order chi connectivity index (χ1) is 8.40. The molecule has 0 aliphatic carbocycles. The Morgan fingerprint density at radius 2 is 2.29 bits per heavy atom. The summed E-state index contributed by atoms with van der Waals surface area (Å²) in [5, 5.41) is 7.00. The minimum Gasteiger partial charge on any atom is -0.496 e. The molecule has 0 spiro atoms. The molecule has 2 rings (SSSR count). The second-order valence-electron chi connectivity index (χ2n) is 4.56. The first-order valence-corrected chi connectivity index (χ1v) is 6.46. The number of benzene rings is 1. The first-order valence-electron chi connectivity index (χ1n) is 6.46. The van der Waals surface area contributed by atoms with Gasteiger partial charge in [0.2, 0.25) is 0 Å². The van der Waals surface area contributed by atoms with Gasteiger partial charge in [0.1, 0.15) is 5.75 Å². The van der Waals surface area contributed by atoms with Gasteiger partial charge in [-0.1, -0.05) is 18.2 Å². The fourth-order valence-corrected chi connectivity index (χ4v) is 2.34. The van der Waals surface area contributed by atoms with Crippen LogP contribution >= 0.6 is 0 Å². The Labute approximate surface area is 104 Å². The monoisotopic (exact) mass is 234 g/mol. The van der Waals surface area contributed by atoms with E-state index in [-0.39, 0.29) is 0 Å². The van der Waals surface area contributed by atoms with Crippen LogP contribution in [-0.4, -0.2) is 32.8 Å². The van der Waals surface area contributed by atoms with Crippen LogP contribution in [0.3, 0.4) is 0 Å². The number of hydrogen-bond donors (Lipinski definition) is 2. The van der Waals surface area contributed by atoms with Gasteiger partial charge in [0, 0.05) is 12.6 Å². The average Bonchev–Trinajstić information content (AvgIpc) is 2.88. The zero-order chi connectivity index (χ0) is 11.9. The highest BCUT2D eigenvalue weighted by atomic mass is 16.5. The molecule has 1 aromatic rings. The zero-order valence-electron chi connectivity index (χ0n) is 10.5. The Morgan fingerprint density at radius 1 is 1.41 bits per heavy atom. The lowest BCUT2D eigenvalue weighted by atomic mass is 10.1. The predicted molar refractivity (Wildman–Crippen MR) is 70.6 cm³/mol. The fraction of sp³-hybridized carbons (Fsp3) is 0.571. The molecule has 0 bridgehead atoms. The maximum Gasteiger partial charge on any atom is 0.122 e. The molecule has 1 unspecified atom stereocenters. The molecule has 1 fully saturated rings. The Kier molecular flexibility index (Phi) is 4.83. The van der Waals surface area contributed by atoms with Crippen molar-refractivity contribution in [3.05, 3.63) is 29.8 Å². The van der Waals surface area contributed by atoms with Crippen LogP contribution in [0, 0.1) is 0 Å². The third kappa shape index (κ3) is 3.72. The molecule has 1 aliphatic rings. The molecule has 0 amide bonds. The molecule has 1 heterocycles. The lowest BCUT2D eigenvalue weighted by Crippen LogP contribution is -2.34. The summed E-state index contributed by atoms with van der Waals surface area (Å²) < 4.78 is 5.34. The lowest BCUT2D eigenvalue weighted by Gasteiger charge is -2.12. The van der Waals surface area contributed by atoms with E-state index in [4.69, 9.17) is 4.74 Å². The van der Waals surface area contributed by atoms with Gasteiger partial charge in [-0.15, -0.1) is 0 Å². The number of nitrogens with one attached hydrogen (secondary N) is 2. The van der Waals surface area contributed by atoms with Crippen molar-refractivity contribution in [2.24, 2.45) is 0 Å². The molecule has 0 saturated carbocycles. The van der Waals surface area contributed by atoms with Crippen LogP contribution in [0.1, 0.15) is 18.4 Å². The van der Waals surface area contributed by atoms with Gasteiger partial charge >= 0.3 is 0 Å². The van der Waals surface area contributed by atoms with Crippen LogP contribution in [0.2, 0.25) is 0 Å². The van der Waals surface area contributed by atoms with E-state index >= 15 is 0 Å². The van der Waals surface area contributed by atoms with Crippen molar-refractivity contribution in [3.8, 4) is 5.75 Å². The van der Waals surface area contributed by atoms with E-state index in [1.165, 1.54) is 24.9 Å². The number of rotatable bonds is 6. The quantitative estimate of drug-likeness (QED) is 0.733. The van der Waals surface area contributed by atoms with Crippen molar-refractivity contribution in [2.45, 2.75) is 25.3 Å². The second-order valence-corrected chi connectivity index (χ2v) is 4.56. The maximum absolute atomic E-state index is 5.34. The SMILES string of the molecule is COc1ccccc1CCNCC1CCCN1. The van der Waals surface area contributed by atoms with Crippen LogP contribution in [0.5, 0.6) is 5.75 Å². The van der Waals surface area contributed by atoms with Crippen LogP contribution in [0.4, 0.5) is 0 Å². The summed E-state index contributed by atoms with van der Waals surface area (Å²) in [7, 11) is 1.73. The summed E-state index contributed by atoms with van der Waals surface area (Å²) in [5.74, 6) is 0.994. The zero-order valence-corrected chi connectivity index (χ0v) is 10.5. The predicted octanol–water partition coefficient (Wildman–Crippen LogP) is 1.58. The summed E-state index contributed by atoms with van der Waals surface area (Å²) in [6.45, 7) is 3.27. The van der Waals surface area contributed by atoms with Crippen molar-refractivity contribution in [2.75, 3.05) is 26.7 Å². The number of para-hydroxylation sites is 1. The van der Waals surface area contributed by atoms with Gasteiger partial charge in [0.05, 0.1) is 7.11 Å². The Balaban J connectivity index is 1.70. The summed E-state index contributed by atoms with van der Waals surface area (Å²) >= 11 is 0. The number of methoxy groups -OCH3 is 1. The van der Waals surface area contributed by atoms with Gasteiger partial charge in [0.25, 0.3) is 0 Å². The number of hydrogen-bond acceptors (Lipinski definition) is 3. The molecular formula is C14H22N2O. The van der Waals surface area contributed by atoms with E-state index < -0.39 is 0 Å². The van der Waals surface area contributed by atoms with Crippen LogP contribution in [-0.2, 0) is 6.42 Å². The van der Waals surface area contributed by atoms with Crippen molar-refractivity contribution >= 4 is 0 Å². The van der Waals surface area contributed by atoms with E-state index in [1.54, 1.807) is 7.11 Å². The van der Waals surface area contributed by atoms with Crippen molar-refractivity contribution < 1.29 is 4.74 Å². The molecule has 0 radical (unpaired) electrons. The smallest absolute Gasteiger partial charge is 0.122 e. The molecule has 17 heavy (non-hydrogen) atoms. The van der Waals surface area contributed by atoms with Gasteiger partial charge in [-0.2, -0.15) is 0 Å². The summed E-state index contributed by atoms with van der Waals surface area (Å²) in [4.78, 5) is 0. The van der Waals surface area contributed by atoms with Gasteiger partial charge in [-0.25, -0.2) is 0 Å². The topological polar surface area (TPSA) is 33.3 Å². The first kappa shape index (κ1) is 12.4. The third-order valence-electron chi connectivity index (χ3n) is 3.32. The molecule has 1 aliphatic heterocycles. The van der Waals surface area contributed by atoms with Crippen LogP contribution in [0.25, 0.3) is 0 Å². The highest BCUT2D eigenvalue weighted by Gasteiger charge is 2.12. The highest BCUT2D eigenvalue weighted by Crippen LogP contribution is 2.17. The Morgan fingerprint density at radius 3 is 3.06 bits per heavy atom. The van der Waals surface area contributed by atoms with Gasteiger partial charge in [-0.05, 0) is 44.0 Å². The van der Waals surface area contributed by atoms with Crippen molar-refractivity contribution in [1.29, 1.82) is 0 Å². The second kappa shape index (κ2) is 6.62. The Bertz CT molecular complexity index is 335. The maximum atomic E-state index is 5.34. The van der Waals surface area contributed by atoms with Crippen LogP contribution in [0.15, 0.2) is 24.3 Å². The van der Waals surface area contributed by atoms with Crippen molar-refractivity contribution in [1.82, 2.24) is 10.6 Å². The molecule has 1 atom stereocenters. The van der Waals surface area contributed by atoms with E-state index in [2.05, 4.69) is 22.8 Å². The molecule has 3 nitrogen and oxygen atoms in total. The van der Waals surface area contributed by atoms with E-state index in [0.717, 1.165) is 25.3 Å².